The number of benzene rings is 1. The largest absolute Gasteiger partial charge is 0.377 e. The highest BCUT2D eigenvalue weighted by Gasteiger charge is 2.14. The van der Waals surface area contributed by atoms with Gasteiger partial charge in [0, 0.05) is 24.1 Å². The van der Waals surface area contributed by atoms with E-state index in [0.29, 0.717) is 19.3 Å². The fourth-order valence-corrected chi connectivity index (χ4v) is 3.07. The molecule has 5 heteroatoms. The van der Waals surface area contributed by atoms with Gasteiger partial charge < -0.3 is 14.8 Å². The molecule has 0 amide bonds. The maximum Gasteiger partial charge on any atom is 0.183 e. The Hall–Kier alpha value is -1.43. The van der Waals surface area contributed by atoms with Gasteiger partial charge in [0.15, 0.2) is 5.13 Å². The van der Waals surface area contributed by atoms with Gasteiger partial charge in [0.2, 0.25) is 0 Å². The first-order valence-corrected chi connectivity index (χ1v) is 8.24. The van der Waals surface area contributed by atoms with Gasteiger partial charge in [-0.1, -0.05) is 30.3 Å². The minimum absolute atomic E-state index is 0.301. The van der Waals surface area contributed by atoms with Crippen LogP contribution in [0.2, 0.25) is 0 Å². The molecule has 1 aromatic carbocycles. The molecule has 1 unspecified atom stereocenters. The lowest BCUT2D eigenvalue weighted by atomic mass is 10.2. The standard InChI is InChI=1S/C16H20N2O2S/c1-2-5-13(6-3-1)15-12-21-16(18-15)17-8-10-19-11-14-7-4-9-20-14/h1-3,5-6,12,14H,4,7-11H2,(H,17,18). The van der Waals surface area contributed by atoms with E-state index in [0.717, 1.165) is 42.4 Å². The van der Waals surface area contributed by atoms with E-state index < -0.39 is 0 Å². The van der Waals surface area contributed by atoms with E-state index in [1.165, 1.54) is 0 Å². The molecule has 21 heavy (non-hydrogen) atoms. The molecule has 1 aliphatic rings. The summed E-state index contributed by atoms with van der Waals surface area (Å²) < 4.78 is 11.1. The normalized spacial score (nSPS) is 18.0. The van der Waals surface area contributed by atoms with Crippen molar-refractivity contribution in [3.05, 3.63) is 35.7 Å². The van der Waals surface area contributed by atoms with Crippen LogP contribution in [0.3, 0.4) is 0 Å². The van der Waals surface area contributed by atoms with Crippen LogP contribution in [0.4, 0.5) is 5.13 Å². The van der Waals surface area contributed by atoms with E-state index in [2.05, 4.69) is 27.8 Å². The number of thiazole rings is 1. The Bertz CT molecular complexity index is 538. The predicted octanol–water partition coefficient (Wildman–Crippen LogP) is 3.42. The third-order valence-electron chi connectivity index (χ3n) is 3.42. The minimum Gasteiger partial charge on any atom is -0.377 e. The van der Waals surface area contributed by atoms with Gasteiger partial charge in [-0.2, -0.15) is 0 Å². The van der Waals surface area contributed by atoms with Crippen LogP contribution in [0.5, 0.6) is 0 Å². The topological polar surface area (TPSA) is 43.4 Å². The highest BCUT2D eigenvalue weighted by atomic mass is 32.1. The fraction of sp³-hybridized carbons (Fsp3) is 0.438. The van der Waals surface area contributed by atoms with Gasteiger partial charge >= 0.3 is 0 Å². The summed E-state index contributed by atoms with van der Waals surface area (Å²) in [5.41, 5.74) is 2.17. The predicted molar refractivity (Wildman–Crippen MR) is 85.8 cm³/mol. The van der Waals surface area contributed by atoms with Crippen LogP contribution in [0.25, 0.3) is 11.3 Å². The molecule has 2 aromatic rings. The molecule has 1 atom stereocenters. The molecule has 1 fully saturated rings. The monoisotopic (exact) mass is 304 g/mol. The zero-order chi connectivity index (χ0) is 14.3. The molecule has 1 saturated heterocycles. The first-order valence-electron chi connectivity index (χ1n) is 7.36. The Morgan fingerprint density at radius 1 is 1.33 bits per heavy atom. The highest BCUT2D eigenvalue weighted by Crippen LogP contribution is 2.24. The molecule has 2 heterocycles. The van der Waals surface area contributed by atoms with Crippen molar-refractivity contribution < 1.29 is 9.47 Å². The Labute approximate surface area is 129 Å². The Morgan fingerprint density at radius 2 is 2.24 bits per heavy atom. The molecular weight excluding hydrogens is 284 g/mol. The molecule has 112 valence electrons. The van der Waals surface area contributed by atoms with E-state index in [1.807, 2.05) is 18.2 Å². The maximum atomic E-state index is 5.62. The quantitative estimate of drug-likeness (QED) is 0.796. The highest BCUT2D eigenvalue weighted by molar-refractivity contribution is 7.14. The number of ether oxygens (including phenoxy) is 2. The molecule has 1 N–H and O–H groups in total. The van der Waals surface area contributed by atoms with Crippen LogP contribution in [0.15, 0.2) is 35.7 Å². The SMILES string of the molecule is c1ccc(-c2csc(NCCOCC3CCCO3)n2)cc1. The lowest BCUT2D eigenvalue weighted by Crippen LogP contribution is -2.17. The van der Waals surface area contributed by atoms with Crippen molar-refractivity contribution in [2.75, 3.05) is 31.7 Å². The van der Waals surface area contributed by atoms with Crippen LogP contribution in [-0.2, 0) is 9.47 Å². The van der Waals surface area contributed by atoms with Gasteiger partial charge in [-0.15, -0.1) is 11.3 Å². The third-order valence-corrected chi connectivity index (χ3v) is 4.22. The van der Waals surface area contributed by atoms with Crippen LogP contribution in [0.1, 0.15) is 12.8 Å². The van der Waals surface area contributed by atoms with Crippen molar-refractivity contribution in [3.8, 4) is 11.3 Å². The summed E-state index contributed by atoms with van der Waals surface area (Å²) in [6, 6.07) is 10.2. The van der Waals surface area contributed by atoms with Crippen molar-refractivity contribution in [3.63, 3.8) is 0 Å². The first-order chi connectivity index (χ1) is 10.4. The number of nitrogens with one attached hydrogen (secondary N) is 1. The minimum atomic E-state index is 0.301. The number of nitrogens with zero attached hydrogens (tertiary/aromatic N) is 1. The van der Waals surface area contributed by atoms with Gasteiger partial charge in [0.1, 0.15) is 0 Å². The average molecular weight is 304 g/mol. The van der Waals surface area contributed by atoms with Crippen molar-refractivity contribution in [1.82, 2.24) is 4.98 Å². The molecule has 0 aliphatic carbocycles. The first kappa shape index (κ1) is 14.5. The lowest BCUT2D eigenvalue weighted by Gasteiger charge is -2.10. The van der Waals surface area contributed by atoms with Crippen molar-refractivity contribution >= 4 is 16.5 Å². The second-order valence-electron chi connectivity index (χ2n) is 5.04. The smallest absolute Gasteiger partial charge is 0.183 e. The van der Waals surface area contributed by atoms with E-state index in [9.17, 15) is 0 Å². The van der Waals surface area contributed by atoms with Crippen molar-refractivity contribution in [2.45, 2.75) is 18.9 Å². The second-order valence-corrected chi connectivity index (χ2v) is 5.90. The molecule has 0 bridgehead atoms. The zero-order valence-corrected chi connectivity index (χ0v) is 12.8. The Balaban J connectivity index is 1.39. The Kier molecular flexibility index (Phi) is 5.21. The van der Waals surface area contributed by atoms with Crippen molar-refractivity contribution in [2.24, 2.45) is 0 Å². The molecule has 1 aromatic heterocycles. The van der Waals surface area contributed by atoms with Crippen LogP contribution in [-0.4, -0.2) is 37.5 Å². The fourth-order valence-electron chi connectivity index (χ4n) is 2.32. The Morgan fingerprint density at radius 3 is 3.05 bits per heavy atom. The molecule has 0 spiro atoms. The van der Waals surface area contributed by atoms with Gasteiger partial charge in [-0.25, -0.2) is 4.98 Å². The summed E-state index contributed by atoms with van der Waals surface area (Å²) in [6.45, 7) is 3.04. The van der Waals surface area contributed by atoms with E-state index >= 15 is 0 Å². The number of aromatic nitrogens is 1. The maximum absolute atomic E-state index is 5.62. The summed E-state index contributed by atoms with van der Waals surface area (Å²) in [7, 11) is 0. The van der Waals surface area contributed by atoms with E-state index in [4.69, 9.17) is 9.47 Å². The van der Waals surface area contributed by atoms with Crippen LogP contribution >= 0.6 is 11.3 Å². The summed E-state index contributed by atoms with van der Waals surface area (Å²) >= 11 is 1.63. The van der Waals surface area contributed by atoms with Crippen LogP contribution in [0, 0.1) is 0 Å². The molecule has 4 nitrogen and oxygen atoms in total. The molecule has 3 rings (SSSR count). The van der Waals surface area contributed by atoms with E-state index in [1.54, 1.807) is 11.3 Å². The van der Waals surface area contributed by atoms with Crippen LogP contribution < -0.4 is 5.32 Å². The number of hydrogen-bond donors (Lipinski definition) is 1. The van der Waals surface area contributed by atoms with Gasteiger partial charge in [0.05, 0.1) is 25.0 Å². The summed E-state index contributed by atoms with van der Waals surface area (Å²) in [6.07, 6.45) is 2.59. The lowest BCUT2D eigenvalue weighted by molar-refractivity contribution is 0.0206. The summed E-state index contributed by atoms with van der Waals surface area (Å²) in [4.78, 5) is 4.58. The zero-order valence-electron chi connectivity index (χ0n) is 12.0. The third kappa shape index (κ3) is 4.27. The number of rotatable bonds is 7. The molecule has 0 saturated carbocycles. The van der Waals surface area contributed by atoms with Crippen molar-refractivity contribution in [1.29, 1.82) is 0 Å². The number of hydrogen-bond acceptors (Lipinski definition) is 5. The van der Waals surface area contributed by atoms with Gasteiger partial charge in [-0.3, -0.25) is 0 Å². The van der Waals surface area contributed by atoms with Gasteiger partial charge in [-0.05, 0) is 12.8 Å². The average Bonchev–Trinajstić information content (AvgIpc) is 3.19. The summed E-state index contributed by atoms with van der Waals surface area (Å²) in [5.74, 6) is 0. The van der Waals surface area contributed by atoms with E-state index in [-0.39, 0.29) is 0 Å². The molecular formula is C16H20N2O2S. The summed E-state index contributed by atoms with van der Waals surface area (Å²) in [5, 5.41) is 6.32. The van der Waals surface area contributed by atoms with Gasteiger partial charge in [0.25, 0.3) is 0 Å². The number of anilines is 1. The second kappa shape index (κ2) is 7.54. The molecule has 0 radical (unpaired) electrons. The molecule has 1 aliphatic heterocycles.